The van der Waals surface area contributed by atoms with Crippen LogP contribution in [0, 0.1) is 0 Å². The smallest absolute Gasteiger partial charge is 0.244 e. The number of rotatable bonds is 6. The lowest BCUT2D eigenvalue weighted by atomic mass is 10.1. The van der Waals surface area contributed by atoms with Crippen molar-refractivity contribution in [3.8, 4) is 0 Å². The van der Waals surface area contributed by atoms with E-state index in [1.165, 1.54) is 0 Å². The van der Waals surface area contributed by atoms with E-state index in [9.17, 15) is 4.79 Å². The maximum atomic E-state index is 11.6. The molecule has 0 aliphatic carbocycles. The first-order valence-corrected chi connectivity index (χ1v) is 7.18. The molecule has 1 aromatic rings. The van der Waals surface area contributed by atoms with E-state index in [0.29, 0.717) is 19.3 Å². The summed E-state index contributed by atoms with van der Waals surface area (Å²) < 4.78 is 5.72. The predicted molar refractivity (Wildman–Crippen MR) is 80.3 cm³/mol. The van der Waals surface area contributed by atoms with Crippen molar-refractivity contribution in [3.05, 3.63) is 42.0 Å². The highest BCUT2D eigenvalue weighted by atomic mass is 16.5. The van der Waals surface area contributed by atoms with Crippen LogP contribution < -0.4 is 10.6 Å². The molecule has 1 amide bonds. The maximum absolute atomic E-state index is 11.6. The molecule has 0 radical (unpaired) electrons. The molecule has 1 saturated heterocycles. The van der Waals surface area contributed by atoms with Crippen molar-refractivity contribution in [3.63, 3.8) is 0 Å². The van der Waals surface area contributed by atoms with Crippen LogP contribution in [0.15, 0.2) is 36.4 Å². The first-order chi connectivity index (χ1) is 9.84. The predicted octanol–water partition coefficient (Wildman–Crippen LogP) is 1.58. The second-order valence-corrected chi connectivity index (χ2v) is 4.86. The minimum atomic E-state index is -0.0808. The number of hydrogen-bond acceptors (Lipinski definition) is 3. The maximum Gasteiger partial charge on any atom is 0.244 e. The summed E-state index contributed by atoms with van der Waals surface area (Å²) in [5.74, 6) is -0.0808. The van der Waals surface area contributed by atoms with Crippen molar-refractivity contribution >= 4 is 12.0 Å². The molecule has 0 bridgehead atoms. The summed E-state index contributed by atoms with van der Waals surface area (Å²) in [6, 6.07) is 9.78. The van der Waals surface area contributed by atoms with E-state index < -0.39 is 0 Å². The molecule has 20 heavy (non-hydrogen) atoms. The summed E-state index contributed by atoms with van der Waals surface area (Å²) >= 11 is 0. The molecule has 1 aliphatic rings. The molecule has 2 N–H and O–H groups in total. The van der Waals surface area contributed by atoms with Gasteiger partial charge in [-0.2, -0.15) is 0 Å². The van der Waals surface area contributed by atoms with Crippen molar-refractivity contribution in [2.24, 2.45) is 0 Å². The summed E-state index contributed by atoms with van der Waals surface area (Å²) in [5.41, 5.74) is 1.02. The van der Waals surface area contributed by atoms with Gasteiger partial charge in [0.15, 0.2) is 0 Å². The fourth-order valence-corrected chi connectivity index (χ4v) is 2.16. The van der Waals surface area contributed by atoms with Crippen molar-refractivity contribution in [1.29, 1.82) is 0 Å². The van der Waals surface area contributed by atoms with E-state index in [1.807, 2.05) is 36.4 Å². The van der Waals surface area contributed by atoms with Crippen molar-refractivity contribution in [2.75, 3.05) is 26.2 Å². The van der Waals surface area contributed by atoms with Gasteiger partial charge in [-0.25, -0.2) is 0 Å². The van der Waals surface area contributed by atoms with Crippen LogP contribution in [0.25, 0.3) is 6.08 Å². The van der Waals surface area contributed by atoms with Gasteiger partial charge >= 0.3 is 0 Å². The minimum Gasteiger partial charge on any atom is -0.376 e. The Morgan fingerprint density at radius 2 is 2.05 bits per heavy atom. The van der Waals surface area contributed by atoms with E-state index in [4.69, 9.17) is 4.74 Å². The van der Waals surface area contributed by atoms with Gasteiger partial charge in [-0.15, -0.1) is 0 Å². The van der Waals surface area contributed by atoms with Gasteiger partial charge in [-0.1, -0.05) is 30.3 Å². The Morgan fingerprint density at radius 1 is 1.30 bits per heavy atom. The van der Waals surface area contributed by atoms with Crippen LogP contribution in [0.3, 0.4) is 0 Å². The van der Waals surface area contributed by atoms with Gasteiger partial charge in [0, 0.05) is 12.6 Å². The third-order valence-electron chi connectivity index (χ3n) is 3.27. The van der Waals surface area contributed by atoms with Crippen LogP contribution in [-0.2, 0) is 9.53 Å². The third kappa shape index (κ3) is 5.55. The fraction of sp³-hybridized carbons (Fsp3) is 0.438. The van der Waals surface area contributed by atoms with Gasteiger partial charge in [0.05, 0.1) is 12.7 Å². The summed E-state index contributed by atoms with van der Waals surface area (Å²) in [4.78, 5) is 11.6. The van der Waals surface area contributed by atoms with Gasteiger partial charge < -0.3 is 15.4 Å². The quantitative estimate of drug-likeness (QED) is 0.612. The summed E-state index contributed by atoms with van der Waals surface area (Å²) in [7, 11) is 0. The molecule has 0 atom stereocenters. The zero-order chi connectivity index (χ0) is 14.0. The normalized spacial score (nSPS) is 16.4. The summed E-state index contributed by atoms with van der Waals surface area (Å²) in [5, 5.41) is 6.12. The zero-order valence-corrected chi connectivity index (χ0v) is 11.7. The molecular formula is C16H22N2O2. The topological polar surface area (TPSA) is 50.4 Å². The Hall–Kier alpha value is -1.65. The van der Waals surface area contributed by atoms with Crippen molar-refractivity contribution < 1.29 is 9.53 Å². The lowest BCUT2D eigenvalue weighted by Crippen LogP contribution is -2.34. The number of benzene rings is 1. The Bertz CT molecular complexity index is 425. The van der Waals surface area contributed by atoms with Crippen LogP contribution in [0.4, 0.5) is 0 Å². The highest BCUT2D eigenvalue weighted by molar-refractivity contribution is 5.91. The average molecular weight is 274 g/mol. The monoisotopic (exact) mass is 274 g/mol. The SMILES string of the molecule is O=C(C=Cc1ccccc1)NCCOC1CCNCC1. The Balaban J connectivity index is 1.59. The number of carbonyl (C=O) groups excluding carboxylic acids is 1. The second kappa shape index (κ2) is 8.51. The van der Waals surface area contributed by atoms with Crippen LogP contribution in [0.5, 0.6) is 0 Å². The van der Waals surface area contributed by atoms with Crippen molar-refractivity contribution in [1.82, 2.24) is 10.6 Å². The first kappa shape index (κ1) is 14.8. The van der Waals surface area contributed by atoms with Crippen LogP contribution in [-0.4, -0.2) is 38.3 Å². The molecule has 0 saturated carbocycles. The molecule has 0 aromatic heterocycles. The molecule has 1 aromatic carbocycles. The molecule has 2 rings (SSSR count). The highest BCUT2D eigenvalue weighted by Gasteiger charge is 2.12. The van der Waals surface area contributed by atoms with Gasteiger partial charge in [0.25, 0.3) is 0 Å². The average Bonchev–Trinajstić information content (AvgIpc) is 2.52. The Kier molecular flexibility index (Phi) is 6.27. The van der Waals surface area contributed by atoms with Crippen LogP contribution >= 0.6 is 0 Å². The first-order valence-electron chi connectivity index (χ1n) is 7.18. The second-order valence-electron chi connectivity index (χ2n) is 4.86. The number of amides is 1. The molecule has 1 fully saturated rings. The van der Waals surface area contributed by atoms with E-state index >= 15 is 0 Å². The molecule has 4 heteroatoms. The number of ether oxygens (including phenoxy) is 1. The highest BCUT2D eigenvalue weighted by Crippen LogP contribution is 2.06. The van der Waals surface area contributed by atoms with Gasteiger partial charge in [-0.05, 0) is 37.6 Å². The number of piperidine rings is 1. The fourth-order valence-electron chi connectivity index (χ4n) is 2.16. The molecule has 0 unspecified atom stereocenters. The Labute approximate surface area is 120 Å². The number of carbonyl (C=O) groups is 1. The lowest BCUT2D eigenvalue weighted by Gasteiger charge is -2.22. The van der Waals surface area contributed by atoms with Crippen LogP contribution in [0.2, 0.25) is 0 Å². The van der Waals surface area contributed by atoms with E-state index in [2.05, 4.69) is 10.6 Å². The Morgan fingerprint density at radius 3 is 2.80 bits per heavy atom. The van der Waals surface area contributed by atoms with Gasteiger partial charge in [-0.3, -0.25) is 4.79 Å². The molecule has 1 aliphatic heterocycles. The van der Waals surface area contributed by atoms with E-state index in [0.717, 1.165) is 31.5 Å². The summed E-state index contributed by atoms with van der Waals surface area (Å²) in [6.45, 7) is 3.19. The summed E-state index contributed by atoms with van der Waals surface area (Å²) in [6.07, 6.45) is 5.82. The minimum absolute atomic E-state index is 0.0808. The van der Waals surface area contributed by atoms with Gasteiger partial charge in [0.2, 0.25) is 5.91 Å². The lowest BCUT2D eigenvalue weighted by molar-refractivity contribution is -0.116. The zero-order valence-electron chi connectivity index (χ0n) is 11.7. The molecule has 1 heterocycles. The van der Waals surface area contributed by atoms with E-state index in [1.54, 1.807) is 6.08 Å². The van der Waals surface area contributed by atoms with E-state index in [-0.39, 0.29) is 5.91 Å². The molecule has 4 nitrogen and oxygen atoms in total. The third-order valence-corrected chi connectivity index (χ3v) is 3.27. The van der Waals surface area contributed by atoms with Gasteiger partial charge in [0.1, 0.15) is 0 Å². The van der Waals surface area contributed by atoms with Crippen LogP contribution in [0.1, 0.15) is 18.4 Å². The standard InChI is InChI=1S/C16H22N2O2/c19-16(7-6-14-4-2-1-3-5-14)18-12-13-20-15-8-10-17-11-9-15/h1-7,15,17H,8-13H2,(H,18,19). The number of nitrogens with one attached hydrogen (secondary N) is 2. The largest absolute Gasteiger partial charge is 0.376 e. The molecule has 0 spiro atoms. The number of hydrogen-bond donors (Lipinski definition) is 2. The molecule has 108 valence electrons. The molecular weight excluding hydrogens is 252 g/mol. The van der Waals surface area contributed by atoms with Crippen molar-refractivity contribution in [2.45, 2.75) is 18.9 Å².